The Hall–Kier alpha value is -1.56. The van der Waals surface area contributed by atoms with Crippen molar-refractivity contribution in [2.24, 2.45) is 0 Å². The topological polar surface area (TPSA) is 66.5 Å². The quantitative estimate of drug-likeness (QED) is 0.856. The smallest absolute Gasteiger partial charge is 0.240 e. The minimum Gasteiger partial charge on any atom is -0.352 e. The van der Waals surface area contributed by atoms with E-state index in [1.807, 2.05) is 39.0 Å². The fraction of sp³-hybridized carbons (Fsp3) is 0.611. The Bertz CT molecular complexity index is 692. The van der Waals surface area contributed by atoms with E-state index in [-0.39, 0.29) is 24.4 Å². The maximum absolute atomic E-state index is 12.4. The predicted octanol–water partition coefficient (Wildman–Crippen LogP) is 2.94. The largest absolute Gasteiger partial charge is 0.352 e. The standard InChI is InChI=1S/C18H28N2O3S/c1-13(2)16-11-7-8-14(3)18(16)20(24(4,22)23)12-17(21)19-15-9-5-6-10-15/h7-8,11,13,15H,5-6,9-10,12H2,1-4H3,(H,19,21). The van der Waals surface area contributed by atoms with Gasteiger partial charge in [0.05, 0.1) is 11.9 Å². The van der Waals surface area contributed by atoms with Crippen LogP contribution in [0.2, 0.25) is 0 Å². The maximum Gasteiger partial charge on any atom is 0.240 e. The van der Waals surface area contributed by atoms with Crippen molar-refractivity contribution >= 4 is 21.6 Å². The van der Waals surface area contributed by atoms with Gasteiger partial charge in [-0.05, 0) is 36.8 Å². The molecular formula is C18H28N2O3S. The van der Waals surface area contributed by atoms with Crippen molar-refractivity contribution in [1.82, 2.24) is 5.32 Å². The lowest BCUT2D eigenvalue weighted by Crippen LogP contribution is -2.44. The summed E-state index contributed by atoms with van der Waals surface area (Å²) in [5, 5.41) is 2.97. The number of hydrogen-bond acceptors (Lipinski definition) is 3. The summed E-state index contributed by atoms with van der Waals surface area (Å²) in [6, 6.07) is 5.92. The number of hydrogen-bond donors (Lipinski definition) is 1. The molecule has 6 heteroatoms. The van der Waals surface area contributed by atoms with Crippen LogP contribution in [0.3, 0.4) is 0 Å². The summed E-state index contributed by atoms with van der Waals surface area (Å²) >= 11 is 0. The van der Waals surface area contributed by atoms with E-state index in [1.54, 1.807) is 0 Å². The first-order valence-electron chi connectivity index (χ1n) is 8.56. The van der Waals surface area contributed by atoms with Crippen LogP contribution in [0.5, 0.6) is 0 Å². The molecule has 0 atom stereocenters. The first-order chi connectivity index (χ1) is 11.2. The summed E-state index contributed by atoms with van der Waals surface area (Å²) < 4.78 is 26.0. The molecule has 1 amide bonds. The van der Waals surface area contributed by atoms with E-state index < -0.39 is 10.0 Å². The highest BCUT2D eigenvalue weighted by Gasteiger charge is 2.27. The molecule has 1 N–H and O–H groups in total. The monoisotopic (exact) mass is 352 g/mol. The molecule has 0 heterocycles. The lowest BCUT2D eigenvalue weighted by atomic mass is 9.98. The van der Waals surface area contributed by atoms with E-state index in [9.17, 15) is 13.2 Å². The van der Waals surface area contributed by atoms with Gasteiger partial charge in [-0.1, -0.05) is 44.9 Å². The number of para-hydroxylation sites is 1. The van der Waals surface area contributed by atoms with Crippen LogP contribution in [-0.4, -0.2) is 33.2 Å². The van der Waals surface area contributed by atoms with Gasteiger partial charge in [-0.15, -0.1) is 0 Å². The van der Waals surface area contributed by atoms with Gasteiger partial charge in [-0.3, -0.25) is 9.10 Å². The highest BCUT2D eigenvalue weighted by Crippen LogP contribution is 2.32. The van der Waals surface area contributed by atoms with Crippen LogP contribution in [0.1, 0.15) is 56.6 Å². The van der Waals surface area contributed by atoms with Crippen molar-refractivity contribution < 1.29 is 13.2 Å². The molecule has 1 fully saturated rings. The van der Waals surface area contributed by atoms with Crippen molar-refractivity contribution in [3.8, 4) is 0 Å². The fourth-order valence-corrected chi connectivity index (χ4v) is 4.26. The van der Waals surface area contributed by atoms with Gasteiger partial charge in [0.2, 0.25) is 15.9 Å². The second-order valence-electron chi connectivity index (χ2n) is 6.99. The molecule has 1 aromatic rings. The van der Waals surface area contributed by atoms with Gasteiger partial charge in [0.1, 0.15) is 6.54 Å². The summed E-state index contributed by atoms with van der Waals surface area (Å²) in [6.07, 6.45) is 5.36. The average molecular weight is 353 g/mol. The Morgan fingerprint density at radius 2 is 1.92 bits per heavy atom. The molecule has 0 aliphatic heterocycles. The SMILES string of the molecule is Cc1cccc(C(C)C)c1N(CC(=O)NC1CCCC1)S(C)(=O)=O. The zero-order chi connectivity index (χ0) is 17.9. The number of sulfonamides is 1. The van der Waals surface area contributed by atoms with Gasteiger partial charge < -0.3 is 5.32 Å². The highest BCUT2D eigenvalue weighted by molar-refractivity contribution is 7.92. The first-order valence-corrected chi connectivity index (χ1v) is 10.4. The summed E-state index contributed by atoms with van der Waals surface area (Å²) in [5.41, 5.74) is 2.44. The predicted molar refractivity (Wildman–Crippen MR) is 97.9 cm³/mol. The number of nitrogens with zero attached hydrogens (tertiary/aromatic N) is 1. The molecule has 2 rings (SSSR count). The number of nitrogens with one attached hydrogen (secondary N) is 1. The Morgan fingerprint density at radius 3 is 2.46 bits per heavy atom. The number of anilines is 1. The van der Waals surface area contributed by atoms with Gasteiger partial charge in [0, 0.05) is 6.04 Å². The highest BCUT2D eigenvalue weighted by atomic mass is 32.2. The minimum absolute atomic E-state index is 0.167. The molecule has 0 bridgehead atoms. The van der Waals surface area contributed by atoms with Gasteiger partial charge in [0.25, 0.3) is 0 Å². The molecule has 24 heavy (non-hydrogen) atoms. The van der Waals surface area contributed by atoms with Crippen LogP contribution in [0, 0.1) is 6.92 Å². The number of carbonyl (C=O) groups is 1. The molecule has 1 aliphatic rings. The Labute approximate surface area is 145 Å². The summed E-state index contributed by atoms with van der Waals surface area (Å²) in [7, 11) is -3.55. The van der Waals surface area contributed by atoms with Gasteiger partial charge in [-0.2, -0.15) is 0 Å². The molecule has 0 unspecified atom stereocenters. The molecule has 1 saturated carbocycles. The summed E-state index contributed by atoms with van der Waals surface area (Å²) in [5.74, 6) is -0.0627. The second-order valence-corrected chi connectivity index (χ2v) is 8.89. The minimum atomic E-state index is -3.55. The molecule has 0 radical (unpaired) electrons. The van der Waals surface area contributed by atoms with E-state index in [1.165, 1.54) is 4.31 Å². The third kappa shape index (κ3) is 4.50. The van der Waals surface area contributed by atoms with E-state index in [0.717, 1.165) is 43.1 Å². The lowest BCUT2D eigenvalue weighted by molar-refractivity contribution is -0.120. The Balaban J connectivity index is 2.31. The second kappa shape index (κ2) is 7.55. The molecule has 1 aromatic carbocycles. The number of carbonyl (C=O) groups excluding carboxylic acids is 1. The van der Waals surface area contributed by atoms with Crippen LogP contribution in [0.4, 0.5) is 5.69 Å². The van der Waals surface area contributed by atoms with Crippen molar-refractivity contribution in [3.05, 3.63) is 29.3 Å². The number of benzene rings is 1. The zero-order valence-electron chi connectivity index (χ0n) is 15.0. The molecule has 134 valence electrons. The first kappa shape index (κ1) is 18.8. The van der Waals surface area contributed by atoms with Crippen LogP contribution in [-0.2, 0) is 14.8 Å². The maximum atomic E-state index is 12.4. The van der Waals surface area contributed by atoms with E-state index >= 15 is 0 Å². The van der Waals surface area contributed by atoms with E-state index in [2.05, 4.69) is 5.32 Å². The van der Waals surface area contributed by atoms with Crippen LogP contribution in [0.15, 0.2) is 18.2 Å². The van der Waals surface area contributed by atoms with Crippen LogP contribution < -0.4 is 9.62 Å². The zero-order valence-corrected chi connectivity index (χ0v) is 15.8. The van der Waals surface area contributed by atoms with Crippen molar-refractivity contribution in [3.63, 3.8) is 0 Å². The van der Waals surface area contributed by atoms with Crippen LogP contribution in [0.25, 0.3) is 0 Å². The lowest BCUT2D eigenvalue weighted by Gasteiger charge is -2.28. The van der Waals surface area contributed by atoms with Gasteiger partial charge in [-0.25, -0.2) is 8.42 Å². The molecule has 0 aromatic heterocycles. The van der Waals surface area contributed by atoms with Crippen molar-refractivity contribution in [1.29, 1.82) is 0 Å². The Morgan fingerprint density at radius 1 is 1.29 bits per heavy atom. The average Bonchev–Trinajstić information content (AvgIpc) is 2.96. The van der Waals surface area contributed by atoms with Crippen LogP contribution >= 0.6 is 0 Å². The number of aryl methyl sites for hydroxylation is 1. The third-order valence-electron chi connectivity index (χ3n) is 4.55. The number of amides is 1. The number of rotatable bonds is 6. The fourth-order valence-electron chi connectivity index (χ4n) is 3.32. The molecule has 5 nitrogen and oxygen atoms in total. The molecular weight excluding hydrogens is 324 g/mol. The van der Waals surface area contributed by atoms with Gasteiger partial charge >= 0.3 is 0 Å². The van der Waals surface area contributed by atoms with Crippen molar-refractivity contribution in [2.75, 3.05) is 17.1 Å². The Kier molecular flexibility index (Phi) is 5.91. The van der Waals surface area contributed by atoms with Crippen molar-refractivity contribution in [2.45, 2.75) is 58.4 Å². The summed E-state index contributed by atoms with van der Waals surface area (Å²) in [6.45, 7) is 5.77. The third-order valence-corrected chi connectivity index (χ3v) is 5.66. The molecule has 0 spiro atoms. The molecule has 0 saturated heterocycles. The normalized spacial score (nSPS) is 15.7. The molecule has 1 aliphatic carbocycles. The van der Waals surface area contributed by atoms with Gasteiger partial charge in [0.15, 0.2) is 0 Å². The van der Waals surface area contributed by atoms with E-state index in [4.69, 9.17) is 0 Å². The van der Waals surface area contributed by atoms with E-state index in [0.29, 0.717) is 5.69 Å². The summed E-state index contributed by atoms with van der Waals surface area (Å²) in [4.78, 5) is 12.4.